The molecule has 2 heteroatoms. The van der Waals surface area contributed by atoms with E-state index in [1.165, 1.54) is 19.3 Å². The summed E-state index contributed by atoms with van der Waals surface area (Å²) in [6, 6.07) is 0. The normalized spacial score (nSPS) is 24.3. The zero-order valence-corrected chi connectivity index (χ0v) is 7.34. The second-order valence-electron chi connectivity index (χ2n) is 3.66. The molecule has 66 valence electrons. The van der Waals surface area contributed by atoms with Crippen LogP contribution >= 0.6 is 0 Å². The second kappa shape index (κ2) is 3.55. The van der Waals surface area contributed by atoms with Gasteiger partial charge in [0.2, 0.25) is 0 Å². The summed E-state index contributed by atoms with van der Waals surface area (Å²) in [5.74, 6) is 0. The van der Waals surface area contributed by atoms with Crippen LogP contribution < -0.4 is 5.73 Å². The quantitative estimate of drug-likeness (QED) is 0.645. The maximum Gasteiger partial charge on any atom is 0.0608 e. The molecule has 0 saturated heterocycles. The van der Waals surface area contributed by atoms with Crippen LogP contribution in [-0.4, -0.2) is 17.8 Å². The Kier molecular flexibility index (Phi) is 2.90. The monoisotopic (exact) mass is 157 g/mol. The second-order valence-corrected chi connectivity index (χ2v) is 3.66. The first-order valence-corrected chi connectivity index (χ1v) is 4.63. The number of rotatable bonds is 4. The Hall–Kier alpha value is -0.0800. The van der Waals surface area contributed by atoms with Crippen LogP contribution in [0.1, 0.15) is 39.0 Å². The third-order valence-electron chi connectivity index (χ3n) is 3.20. The van der Waals surface area contributed by atoms with Gasteiger partial charge in [-0.25, -0.2) is 0 Å². The molecule has 0 aromatic carbocycles. The van der Waals surface area contributed by atoms with Crippen molar-refractivity contribution >= 4 is 0 Å². The molecular formula is C9H19NO. The minimum absolute atomic E-state index is 0.147. The van der Waals surface area contributed by atoms with Crippen molar-refractivity contribution < 1.29 is 5.11 Å². The number of nitrogens with two attached hydrogens (primary N) is 1. The van der Waals surface area contributed by atoms with Crippen molar-refractivity contribution in [2.45, 2.75) is 45.1 Å². The molecule has 1 aliphatic carbocycles. The van der Waals surface area contributed by atoms with Gasteiger partial charge in [-0.05, 0) is 37.6 Å². The van der Waals surface area contributed by atoms with Gasteiger partial charge in [-0.2, -0.15) is 0 Å². The number of aliphatic hydroxyl groups excluding tert-OH is 1. The van der Waals surface area contributed by atoms with E-state index in [0.717, 1.165) is 12.8 Å². The molecular weight excluding hydrogens is 138 g/mol. The summed E-state index contributed by atoms with van der Waals surface area (Å²) in [6.07, 6.45) is 5.42. The molecule has 0 bridgehead atoms. The Morgan fingerprint density at radius 1 is 1.55 bits per heavy atom. The van der Waals surface area contributed by atoms with Crippen LogP contribution in [0.2, 0.25) is 0 Å². The van der Waals surface area contributed by atoms with E-state index in [1.54, 1.807) is 0 Å². The van der Waals surface area contributed by atoms with Gasteiger partial charge in [0, 0.05) is 0 Å². The van der Waals surface area contributed by atoms with Crippen molar-refractivity contribution in [3.8, 4) is 0 Å². The molecule has 2 nitrogen and oxygen atoms in total. The largest absolute Gasteiger partial charge is 0.393 e. The fraction of sp³-hybridized carbons (Fsp3) is 1.00. The number of hydrogen-bond donors (Lipinski definition) is 2. The van der Waals surface area contributed by atoms with E-state index >= 15 is 0 Å². The first-order valence-electron chi connectivity index (χ1n) is 4.63. The van der Waals surface area contributed by atoms with Crippen molar-refractivity contribution in [2.75, 3.05) is 6.54 Å². The smallest absolute Gasteiger partial charge is 0.0608 e. The molecule has 0 spiro atoms. The maximum absolute atomic E-state index is 9.74. The summed E-state index contributed by atoms with van der Waals surface area (Å²) in [4.78, 5) is 0. The summed E-state index contributed by atoms with van der Waals surface area (Å²) >= 11 is 0. The van der Waals surface area contributed by atoms with Crippen LogP contribution in [0, 0.1) is 5.41 Å². The highest BCUT2D eigenvalue weighted by Crippen LogP contribution is 2.47. The third kappa shape index (κ3) is 1.57. The predicted molar refractivity (Wildman–Crippen MR) is 46.3 cm³/mol. The predicted octanol–water partition coefficient (Wildman–Crippen LogP) is 1.28. The Labute approximate surface area is 68.8 Å². The van der Waals surface area contributed by atoms with Crippen molar-refractivity contribution in [3.63, 3.8) is 0 Å². The van der Waals surface area contributed by atoms with Gasteiger partial charge < -0.3 is 10.8 Å². The highest BCUT2D eigenvalue weighted by atomic mass is 16.3. The zero-order valence-electron chi connectivity index (χ0n) is 7.34. The summed E-state index contributed by atoms with van der Waals surface area (Å²) in [7, 11) is 0. The minimum Gasteiger partial charge on any atom is -0.393 e. The molecule has 0 aliphatic heterocycles. The number of aliphatic hydroxyl groups is 1. The lowest BCUT2D eigenvalue weighted by atomic mass is 9.63. The lowest BCUT2D eigenvalue weighted by Gasteiger charge is -2.45. The Morgan fingerprint density at radius 3 is 2.45 bits per heavy atom. The van der Waals surface area contributed by atoms with Gasteiger partial charge in [-0.3, -0.25) is 0 Å². The molecule has 0 heterocycles. The molecule has 1 saturated carbocycles. The van der Waals surface area contributed by atoms with E-state index < -0.39 is 0 Å². The van der Waals surface area contributed by atoms with Crippen molar-refractivity contribution in [1.82, 2.24) is 0 Å². The molecule has 1 rings (SSSR count). The van der Waals surface area contributed by atoms with Crippen molar-refractivity contribution in [2.24, 2.45) is 11.1 Å². The lowest BCUT2D eigenvalue weighted by Crippen LogP contribution is -2.41. The zero-order chi connectivity index (χ0) is 8.32. The first kappa shape index (κ1) is 9.01. The van der Waals surface area contributed by atoms with Crippen LogP contribution in [0.4, 0.5) is 0 Å². The van der Waals surface area contributed by atoms with Gasteiger partial charge in [0.15, 0.2) is 0 Å². The van der Waals surface area contributed by atoms with E-state index in [9.17, 15) is 5.11 Å². The van der Waals surface area contributed by atoms with Gasteiger partial charge in [0.25, 0.3) is 0 Å². The highest BCUT2D eigenvalue weighted by Gasteiger charge is 2.40. The van der Waals surface area contributed by atoms with Gasteiger partial charge in [-0.1, -0.05) is 13.3 Å². The molecule has 3 N–H and O–H groups in total. The molecule has 1 atom stereocenters. The molecule has 0 radical (unpaired) electrons. The summed E-state index contributed by atoms with van der Waals surface area (Å²) in [6.45, 7) is 2.78. The molecule has 0 amide bonds. The third-order valence-corrected chi connectivity index (χ3v) is 3.20. The van der Waals surface area contributed by atoms with Crippen LogP contribution in [-0.2, 0) is 0 Å². The standard InChI is InChI=1S/C9H19NO/c1-2-9(5-3-6-9)8(11)4-7-10/h8,11H,2-7,10H2,1H3/t8-/m1/s1. The summed E-state index contributed by atoms with van der Waals surface area (Å²) in [5.41, 5.74) is 5.65. The fourth-order valence-corrected chi connectivity index (χ4v) is 2.02. The Morgan fingerprint density at radius 2 is 2.18 bits per heavy atom. The number of hydrogen-bond acceptors (Lipinski definition) is 2. The first-order chi connectivity index (χ1) is 5.25. The van der Waals surface area contributed by atoms with Gasteiger partial charge >= 0.3 is 0 Å². The molecule has 0 aromatic rings. The lowest BCUT2D eigenvalue weighted by molar-refractivity contribution is -0.0405. The fourth-order valence-electron chi connectivity index (χ4n) is 2.02. The average Bonchev–Trinajstić information content (AvgIpc) is 1.87. The summed E-state index contributed by atoms with van der Waals surface area (Å²) < 4.78 is 0. The van der Waals surface area contributed by atoms with E-state index in [4.69, 9.17) is 5.73 Å². The Bertz CT molecular complexity index is 115. The topological polar surface area (TPSA) is 46.2 Å². The molecule has 0 aromatic heterocycles. The van der Waals surface area contributed by atoms with Crippen LogP contribution in [0.3, 0.4) is 0 Å². The van der Waals surface area contributed by atoms with E-state index in [1.807, 2.05) is 0 Å². The molecule has 11 heavy (non-hydrogen) atoms. The minimum atomic E-state index is -0.147. The molecule has 1 fully saturated rings. The van der Waals surface area contributed by atoms with Gasteiger partial charge in [0.1, 0.15) is 0 Å². The SMILES string of the molecule is CCC1([C@H](O)CCN)CCC1. The van der Waals surface area contributed by atoms with E-state index in [0.29, 0.717) is 6.54 Å². The molecule has 0 unspecified atom stereocenters. The maximum atomic E-state index is 9.74. The van der Waals surface area contributed by atoms with Crippen LogP contribution in [0.25, 0.3) is 0 Å². The summed E-state index contributed by atoms with van der Waals surface area (Å²) in [5, 5.41) is 9.74. The van der Waals surface area contributed by atoms with Gasteiger partial charge in [0.05, 0.1) is 6.10 Å². The van der Waals surface area contributed by atoms with Crippen LogP contribution in [0.15, 0.2) is 0 Å². The highest BCUT2D eigenvalue weighted by molar-refractivity contribution is 4.92. The van der Waals surface area contributed by atoms with E-state index in [2.05, 4.69) is 6.92 Å². The van der Waals surface area contributed by atoms with Crippen molar-refractivity contribution in [3.05, 3.63) is 0 Å². The van der Waals surface area contributed by atoms with Crippen molar-refractivity contribution in [1.29, 1.82) is 0 Å². The Balaban J connectivity index is 2.40. The van der Waals surface area contributed by atoms with Crippen LogP contribution in [0.5, 0.6) is 0 Å². The molecule has 1 aliphatic rings. The van der Waals surface area contributed by atoms with E-state index in [-0.39, 0.29) is 11.5 Å². The van der Waals surface area contributed by atoms with Gasteiger partial charge in [-0.15, -0.1) is 0 Å². The average molecular weight is 157 g/mol.